The van der Waals surface area contributed by atoms with Crippen LogP contribution >= 0.6 is 0 Å². The van der Waals surface area contributed by atoms with Crippen molar-refractivity contribution >= 4 is 32.5 Å². The number of fused-ring (bicyclic) bond motifs is 1. The molecule has 0 fully saturated rings. The molecule has 4 rings (SSSR count). The van der Waals surface area contributed by atoms with Gasteiger partial charge in [0.1, 0.15) is 15.6 Å². The van der Waals surface area contributed by atoms with Gasteiger partial charge in [0.05, 0.1) is 10.5 Å². The lowest BCUT2D eigenvalue weighted by atomic mass is 10.1. The van der Waals surface area contributed by atoms with Gasteiger partial charge in [0, 0.05) is 23.6 Å². The zero-order valence-corrected chi connectivity index (χ0v) is 20.3. The third-order valence-electron chi connectivity index (χ3n) is 5.61. The van der Waals surface area contributed by atoms with Crippen molar-refractivity contribution in [2.45, 2.75) is 24.4 Å². The van der Waals surface area contributed by atoms with Gasteiger partial charge in [-0.1, -0.05) is 54.1 Å². The van der Waals surface area contributed by atoms with Crippen molar-refractivity contribution in [1.29, 1.82) is 0 Å². The van der Waals surface area contributed by atoms with Crippen LogP contribution in [0.2, 0.25) is 0 Å². The highest BCUT2D eigenvalue weighted by Crippen LogP contribution is 2.35. The minimum Gasteiger partial charge on any atom is -0.573 e. The van der Waals surface area contributed by atoms with Crippen LogP contribution in [0.15, 0.2) is 82.6 Å². The Labute approximate surface area is 210 Å². The summed E-state index contributed by atoms with van der Waals surface area (Å²) in [4.78, 5) is 28.0. The molecule has 37 heavy (non-hydrogen) atoms. The van der Waals surface area contributed by atoms with Crippen LogP contribution in [0.25, 0.3) is 15.6 Å². The Hall–Kier alpha value is -4.12. The van der Waals surface area contributed by atoms with E-state index in [0.29, 0.717) is 12.5 Å². The van der Waals surface area contributed by atoms with Gasteiger partial charge in [-0.3, -0.25) is 9.59 Å². The molecule has 7 nitrogen and oxygen atoms in total. The van der Waals surface area contributed by atoms with E-state index in [2.05, 4.69) is 15.0 Å². The number of aromatic nitrogens is 1. The summed E-state index contributed by atoms with van der Waals surface area (Å²) < 4.78 is 68.0. The number of sulfonamides is 1. The summed E-state index contributed by atoms with van der Waals surface area (Å²) in [6.07, 6.45) is -2.87. The number of nitrogens with one attached hydrogen (secondary N) is 2. The van der Waals surface area contributed by atoms with Gasteiger partial charge in [-0.15, -0.1) is 5.69 Å². The molecule has 0 spiro atoms. The number of pyridine rings is 1. The largest absolute Gasteiger partial charge is 0.573 e. The average Bonchev–Trinajstić information content (AvgIpc) is 2.84. The molecule has 0 aliphatic carbocycles. The fraction of sp³-hybridized carbons (Fsp3) is 0.154. The van der Waals surface area contributed by atoms with Gasteiger partial charge in [0.15, 0.2) is 0 Å². The first-order chi connectivity index (χ1) is 17.4. The molecule has 0 saturated heterocycles. The molecule has 2 N–H and O–H groups in total. The highest BCUT2D eigenvalue weighted by atomic mass is 32.2. The number of amides is 1. The summed E-state index contributed by atoms with van der Waals surface area (Å²) in [6.45, 7) is 2.25. The van der Waals surface area contributed by atoms with E-state index in [9.17, 15) is 31.2 Å². The monoisotopic (exact) mass is 528 g/mol. The number of alkyl halides is 3. The Kier molecular flexibility index (Phi) is 7.08. The maximum atomic E-state index is 13.0. The minimum atomic E-state index is -4.66. The normalized spacial score (nSPS) is 11.9. The summed E-state index contributed by atoms with van der Waals surface area (Å²) in [6, 6.07) is 14.9. The molecule has 0 saturated carbocycles. The van der Waals surface area contributed by atoms with Crippen molar-refractivity contribution in [3.63, 3.8) is 0 Å². The summed E-state index contributed by atoms with van der Waals surface area (Å²) in [5.41, 5.74) is 0.0392. The Balaban J connectivity index is 1.56. The lowest BCUT2D eigenvalue weighted by Gasteiger charge is -2.23. The van der Waals surface area contributed by atoms with Crippen LogP contribution in [-0.2, 0) is 22.6 Å². The summed E-state index contributed by atoms with van der Waals surface area (Å²) >= 11 is 0. The van der Waals surface area contributed by atoms with Crippen LogP contribution in [-0.4, -0.2) is 25.9 Å². The third-order valence-corrected chi connectivity index (χ3v) is 6.91. The van der Waals surface area contributed by atoms with Crippen LogP contribution < -0.4 is 10.7 Å². The van der Waals surface area contributed by atoms with Crippen molar-refractivity contribution in [2.75, 3.05) is 6.54 Å². The number of hydrogen-bond donors (Lipinski definition) is 2. The maximum Gasteiger partial charge on any atom is 0.416 e. The quantitative estimate of drug-likeness (QED) is 0.343. The van der Waals surface area contributed by atoms with Crippen LogP contribution in [0, 0.1) is 6.92 Å². The van der Waals surface area contributed by atoms with Crippen LogP contribution in [0.3, 0.4) is 0 Å². The molecule has 192 valence electrons. The molecule has 1 amide bonds. The van der Waals surface area contributed by atoms with E-state index in [1.807, 2.05) is 31.2 Å². The number of carbonyl (C=O) groups is 1. The summed E-state index contributed by atoms with van der Waals surface area (Å²) in [7, 11) is -4.46. The van der Waals surface area contributed by atoms with E-state index in [0.717, 1.165) is 35.4 Å². The van der Waals surface area contributed by atoms with E-state index < -0.39 is 43.7 Å². The molecule has 0 bridgehead atoms. The Bertz CT molecular complexity index is 1630. The Morgan fingerprint density at radius 1 is 1.03 bits per heavy atom. The maximum absolute atomic E-state index is 13.0. The van der Waals surface area contributed by atoms with E-state index in [1.54, 1.807) is 0 Å². The first kappa shape index (κ1) is 26.0. The molecule has 0 radical (unpaired) electrons. The van der Waals surface area contributed by atoms with E-state index >= 15 is 0 Å². The molecular formula is C26H21F3N3O4S-. The highest BCUT2D eigenvalue weighted by molar-refractivity contribution is 7.94. The number of aryl methyl sites for hydroxylation is 1. The molecule has 0 aliphatic rings. The summed E-state index contributed by atoms with van der Waals surface area (Å²) in [5.74, 6) is -0.628. The highest BCUT2D eigenvalue weighted by Gasteiger charge is 2.29. The first-order valence-corrected chi connectivity index (χ1v) is 12.5. The lowest BCUT2D eigenvalue weighted by molar-refractivity contribution is -0.137. The fourth-order valence-corrected chi connectivity index (χ4v) is 4.63. The van der Waals surface area contributed by atoms with Crippen LogP contribution in [0.1, 0.15) is 27.0 Å². The second-order valence-electron chi connectivity index (χ2n) is 8.34. The first-order valence-electron chi connectivity index (χ1n) is 11.1. The molecule has 0 aliphatic heterocycles. The molecule has 11 heteroatoms. The number of carbonyl (C=O) groups excluding carboxylic acids is 1. The molecular weight excluding hydrogens is 507 g/mol. The van der Waals surface area contributed by atoms with Crippen molar-refractivity contribution in [2.24, 2.45) is 0 Å². The van der Waals surface area contributed by atoms with Gasteiger partial charge in [0.2, 0.25) is 5.43 Å². The zero-order chi connectivity index (χ0) is 26.8. The predicted molar refractivity (Wildman–Crippen MR) is 133 cm³/mol. The minimum absolute atomic E-state index is 0.0773. The van der Waals surface area contributed by atoms with Gasteiger partial charge >= 0.3 is 6.18 Å². The number of H-pyrrole nitrogens is 1. The van der Waals surface area contributed by atoms with Crippen LogP contribution in [0.5, 0.6) is 0 Å². The SMILES string of the molecule is Cc1ccc(CCNC(=O)c2c[nH]c3ccc(S(=O)(=O)[N-]c4cccc(C(F)(F)F)c4)cc3c2=O)cc1. The number of rotatable bonds is 7. The zero-order valence-electron chi connectivity index (χ0n) is 19.5. The van der Waals surface area contributed by atoms with Crippen LogP contribution in [0.4, 0.5) is 18.9 Å². The van der Waals surface area contributed by atoms with Crippen molar-refractivity contribution in [3.8, 4) is 0 Å². The Morgan fingerprint density at radius 2 is 1.76 bits per heavy atom. The van der Waals surface area contributed by atoms with Crippen molar-refractivity contribution in [1.82, 2.24) is 10.3 Å². The fourth-order valence-electron chi connectivity index (χ4n) is 3.63. The molecule has 1 heterocycles. The third kappa shape index (κ3) is 6.00. The van der Waals surface area contributed by atoms with E-state index in [4.69, 9.17) is 0 Å². The second-order valence-corrected chi connectivity index (χ2v) is 9.95. The van der Waals surface area contributed by atoms with Gasteiger partial charge < -0.3 is 15.0 Å². The van der Waals surface area contributed by atoms with E-state index in [1.165, 1.54) is 18.3 Å². The van der Waals surface area contributed by atoms with Gasteiger partial charge in [-0.25, -0.2) is 8.42 Å². The van der Waals surface area contributed by atoms with E-state index in [-0.39, 0.29) is 23.0 Å². The number of aromatic amines is 1. The Morgan fingerprint density at radius 3 is 2.46 bits per heavy atom. The number of benzene rings is 3. The topological polar surface area (TPSA) is 110 Å². The summed E-state index contributed by atoms with van der Waals surface area (Å²) in [5, 5.41) is 2.60. The standard InChI is InChI=1S/C26H21F3N3O4S/c1-16-5-7-17(8-6-16)11-12-30-25(34)22-15-31-23-10-9-20(14-21(23)24(22)33)37(35,36)32-19-4-2-3-18(13-19)26(27,28)29/h2-10,13-15H,11-12H2,1H3,(H2,30,31,33,34)/q-1. The van der Waals surface area contributed by atoms with Gasteiger partial charge in [-0.2, -0.15) is 13.2 Å². The number of hydrogen-bond acceptors (Lipinski definition) is 4. The van der Waals surface area contributed by atoms with Gasteiger partial charge in [0.25, 0.3) is 5.91 Å². The molecule has 4 aromatic rings. The predicted octanol–water partition coefficient (Wildman–Crippen LogP) is 5.22. The second kappa shape index (κ2) is 10.1. The molecule has 1 aromatic heterocycles. The molecule has 3 aromatic carbocycles. The average molecular weight is 529 g/mol. The lowest BCUT2D eigenvalue weighted by Crippen LogP contribution is -2.30. The molecule has 0 atom stereocenters. The van der Waals surface area contributed by atoms with Crippen molar-refractivity contribution < 1.29 is 26.4 Å². The smallest absolute Gasteiger partial charge is 0.416 e. The number of nitrogens with zero attached hydrogens (tertiary/aromatic N) is 1. The number of halogens is 3. The molecule has 0 unspecified atom stereocenters. The van der Waals surface area contributed by atoms with Gasteiger partial charge in [-0.05, 0) is 37.1 Å². The van der Waals surface area contributed by atoms with Crippen molar-refractivity contribution in [3.05, 3.63) is 110 Å².